The fourth-order valence-corrected chi connectivity index (χ4v) is 5.05. The molecular formula is C34H22O2. The van der Waals surface area contributed by atoms with E-state index in [4.69, 9.17) is 0 Å². The van der Waals surface area contributed by atoms with Crippen molar-refractivity contribution in [2.24, 2.45) is 0 Å². The molecule has 4 aromatic carbocycles. The summed E-state index contributed by atoms with van der Waals surface area (Å²) in [5.74, 6) is 11.9. The first kappa shape index (κ1) is 21.9. The summed E-state index contributed by atoms with van der Waals surface area (Å²) in [5.41, 5.74) is 3.31. The Balaban J connectivity index is 1.50. The molecule has 4 aromatic rings. The van der Waals surface area contributed by atoms with Gasteiger partial charge in [-0.2, -0.15) is 0 Å². The average Bonchev–Trinajstić information content (AvgIpc) is 3.13. The third kappa shape index (κ3) is 3.49. The van der Waals surface area contributed by atoms with Crippen LogP contribution >= 0.6 is 0 Å². The van der Waals surface area contributed by atoms with E-state index in [-0.39, 0.29) is 0 Å². The fraction of sp³-hybridized carbons (Fsp3) is 0.0588. The Morgan fingerprint density at radius 1 is 0.389 bits per heavy atom. The predicted octanol–water partition coefficient (Wildman–Crippen LogP) is 5.83. The lowest BCUT2D eigenvalue weighted by molar-refractivity contribution is 0.144. The maximum atomic E-state index is 12.0. The highest BCUT2D eigenvalue weighted by Gasteiger charge is 2.35. The van der Waals surface area contributed by atoms with Crippen LogP contribution in [0.4, 0.5) is 0 Å². The molecule has 0 atom stereocenters. The van der Waals surface area contributed by atoms with Gasteiger partial charge in [-0.05, 0) is 45.9 Å². The van der Waals surface area contributed by atoms with Crippen LogP contribution in [0.3, 0.4) is 0 Å². The lowest BCUT2D eigenvalue weighted by atomic mass is 9.83. The third-order valence-electron chi connectivity index (χ3n) is 6.84. The summed E-state index contributed by atoms with van der Waals surface area (Å²) in [6.45, 7) is 0. The van der Waals surface area contributed by atoms with E-state index in [1.165, 1.54) is 0 Å². The molecule has 0 saturated carbocycles. The monoisotopic (exact) mass is 462 g/mol. The summed E-state index contributed by atoms with van der Waals surface area (Å²) in [4.78, 5) is 0. The molecule has 6 rings (SSSR count). The molecule has 0 aromatic heterocycles. The van der Waals surface area contributed by atoms with Crippen molar-refractivity contribution in [3.8, 4) is 23.7 Å². The molecule has 2 nitrogen and oxygen atoms in total. The lowest BCUT2D eigenvalue weighted by Crippen LogP contribution is -2.27. The molecule has 0 bridgehead atoms. The normalized spacial score (nSPS) is 15.3. The van der Waals surface area contributed by atoms with Gasteiger partial charge in [0.2, 0.25) is 0 Å². The van der Waals surface area contributed by atoms with Crippen molar-refractivity contribution in [2.75, 3.05) is 0 Å². The van der Waals surface area contributed by atoms with Crippen LogP contribution in [-0.4, -0.2) is 10.2 Å². The summed E-state index contributed by atoms with van der Waals surface area (Å²) in [6.07, 6.45) is 7.98. The molecule has 0 radical (unpaired) electrons. The average molecular weight is 463 g/mol. The van der Waals surface area contributed by atoms with Gasteiger partial charge in [-0.3, -0.25) is 0 Å². The van der Waals surface area contributed by atoms with Crippen LogP contribution in [0.1, 0.15) is 44.5 Å². The lowest BCUT2D eigenvalue weighted by Gasteiger charge is -2.25. The van der Waals surface area contributed by atoms with Crippen molar-refractivity contribution in [2.45, 2.75) is 11.2 Å². The van der Waals surface area contributed by atoms with Gasteiger partial charge in [-0.25, -0.2) is 0 Å². The topological polar surface area (TPSA) is 40.5 Å². The van der Waals surface area contributed by atoms with Crippen molar-refractivity contribution in [1.82, 2.24) is 0 Å². The van der Waals surface area contributed by atoms with Gasteiger partial charge in [-0.1, -0.05) is 121 Å². The summed E-state index contributed by atoms with van der Waals surface area (Å²) in [7, 11) is 0. The molecule has 0 amide bonds. The number of rotatable bonds is 0. The zero-order chi connectivity index (χ0) is 24.6. The SMILES string of the molecule is OC1(C#CC#CC2(O)c3ccccc3C=Cc3ccccc32)c2ccccc2C=Cc2ccccc21. The van der Waals surface area contributed by atoms with Crippen LogP contribution in [-0.2, 0) is 11.2 Å². The van der Waals surface area contributed by atoms with E-state index in [0.29, 0.717) is 22.3 Å². The Bertz CT molecular complexity index is 1460. The van der Waals surface area contributed by atoms with Gasteiger partial charge in [0.15, 0.2) is 11.2 Å². The second-order valence-corrected chi connectivity index (χ2v) is 8.94. The molecule has 2 aliphatic carbocycles. The number of fused-ring (bicyclic) bond motifs is 4. The smallest absolute Gasteiger partial charge is 0.179 e. The molecule has 0 unspecified atom stereocenters. The molecule has 0 heterocycles. The van der Waals surface area contributed by atoms with Crippen LogP contribution in [0.25, 0.3) is 24.3 Å². The van der Waals surface area contributed by atoms with Crippen molar-refractivity contribution in [3.05, 3.63) is 142 Å². The van der Waals surface area contributed by atoms with Gasteiger partial charge < -0.3 is 10.2 Å². The number of hydrogen-bond donors (Lipinski definition) is 2. The van der Waals surface area contributed by atoms with E-state index in [1.807, 2.05) is 121 Å². The van der Waals surface area contributed by atoms with E-state index in [9.17, 15) is 10.2 Å². The number of benzene rings is 4. The Kier molecular flexibility index (Phi) is 5.21. The second-order valence-electron chi connectivity index (χ2n) is 8.94. The van der Waals surface area contributed by atoms with Gasteiger partial charge in [0.1, 0.15) is 0 Å². The van der Waals surface area contributed by atoms with Crippen LogP contribution in [0, 0.1) is 23.7 Å². The van der Waals surface area contributed by atoms with Gasteiger partial charge in [0.25, 0.3) is 0 Å². The third-order valence-corrected chi connectivity index (χ3v) is 6.84. The zero-order valence-corrected chi connectivity index (χ0v) is 19.4. The maximum Gasteiger partial charge on any atom is 0.179 e. The predicted molar refractivity (Wildman–Crippen MR) is 145 cm³/mol. The highest BCUT2D eigenvalue weighted by atomic mass is 16.3. The van der Waals surface area contributed by atoms with Crippen LogP contribution in [0.5, 0.6) is 0 Å². The van der Waals surface area contributed by atoms with Crippen molar-refractivity contribution < 1.29 is 10.2 Å². The Labute approximate surface area is 210 Å². The van der Waals surface area contributed by atoms with E-state index in [0.717, 1.165) is 22.3 Å². The molecule has 2 aliphatic rings. The first-order chi connectivity index (χ1) is 17.6. The van der Waals surface area contributed by atoms with Crippen molar-refractivity contribution >= 4 is 24.3 Å². The summed E-state index contributed by atoms with van der Waals surface area (Å²) in [6, 6.07) is 30.8. The first-order valence-corrected chi connectivity index (χ1v) is 11.8. The summed E-state index contributed by atoms with van der Waals surface area (Å²) >= 11 is 0. The Morgan fingerprint density at radius 2 is 0.639 bits per heavy atom. The van der Waals surface area contributed by atoms with Crippen LogP contribution in [0.15, 0.2) is 97.1 Å². The molecule has 170 valence electrons. The molecule has 0 spiro atoms. The molecule has 0 aliphatic heterocycles. The van der Waals surface area contributed by atoms with Gasteiger partial charge in [0, 0.05) is 22.3 Å². The van der Waals surface area contributed by atoms with Gasteiger partial charge in [-0.15, -0.1) is 0 Å². The van der Waals surface area contributed by atoms with Crippen LogP contribution < -0.4 is 0 Å². The molecule has 2 heteroatoms. The van der Waals surface area contributed by atoms with E-state index >= 15 is 0 Å². The molecule has 0 fully saturated rings. The molecular weight excluding hydrogens is 440 g/mol. The first-order valence-electron chi connectivity index (χ1n) is 11.8. The minimum atomic E-state index is -1.55. The fourth-order valence-electron chi connectivity index (χ4n) is 5.05. The van der Waals surface area contributed by atoms with Gasteiger partial charge in [0.05, 0.1) is 0 Å². The van der Waals surface area contributed by atoms with E-state index in [2.05, 4.69) is 23.7 Å². The second kappa shape index (κ2) is 8.56. The zero-order valence-electron chi connectivity index (χ0n) is 19.4. The Morgan fingerprint density at radius 3 is 0.917 bits per heavy atom. The minimum Gasteiger partial charge on any atom is -0.369 e. The van der Waals surface area contributed by atoms with Gasteiger partial charge >= 0.3 is 0 Å². The number of hydrogen-bond acceptors (Lipinski definition) is 2. The summed E-state index contributed by atoms with van der Waals surface area (Å²) in [5, 5.41) is 23.9. The molecule has 2 N–H and O–H groups in total. The number of aliphatic hydroxyl groups is 2. The van der Waals surface area contributed by atoms with Crippen molar-refractivity contribution in [3.63, 3.8) is 0 Å². The standard InChI is InChI=1S/C34H22O2/c35-33(29-15-5-1-11-25(29)19-20-26-12-2-6-16-30(26)33)23-9-10-24-34(36)31-17-7-3-13-27(31)21-22-28-14-4-8-18-32(28)34/h1-8,11-22,35-36H. The molecule has 36 heavy (non-hydrogen) atoms. The largest absolute Gasteiger partial charge is 0.369 e. The molecule has 0 saturated heterocycles. The van der Waals surface area contributed by atoms with Crippen LogP contribution in [0.2, 0.25) is 0 Å². The quantitative estimate of drug-likeness (QED) is 0.323. The van der Waals surface area contributed by atoms with Crippen molar-refractivity contribution in [1.29, 1.82) is 0 Å². The maximum absolute atomic E-state index is 12.0. The highest BCUT2D eigenvalue weighted by Crippen LogP contribution is 2.39. The van der Waals surface area contributed by atoms with E-state index in [1.54, 1.807) is 0 Å². The Hall–Kier alpha value is -4.60. The minimum absolute atomic E-state index is 0.702. The summed E-state index contributed by atoms with van der Waals surface area (Å²) < 4.78 is 0. The highest BCUT2D eigenvalue weighted by molar-refractivity contribution is 5.79. The van der Waals surface area contributed by atoms with E-state index < -0.39 is 11.2 Å².